The van der Waals surface area contributed by atoms with Crippen molar-refractivity contribution in [2.75, 3.05) is 32.1 Å². The number of rotatable bonds is 5. The Kier molecular flexibility index (Phi) is 5.60. The molecule has 1 aromatic heterocycles. The molecule has 2 heterocycles. The number of aryl methyl sites for hydroxylation is 1. The molecule has 5 nitrogen and oxygen atoms in total. The second kappa shape index (κ2) is 8.07. The molecule has 2 aromatic rings. The van der Waals surface area contributed by atoms with E-state index in [1.807, 2.05) is 31.3 Å². The number of hydrogen-bond acceptors (Lipinski definition) is 4. The predicted molar refractivity (Wildman–Crippen MR) is 93.8 cm³/mol. The van der Waals surface area contributed by atoms with Crippen molar-refractivity contribution in [3.05, 3.63) is 59.5 Å². The van der Waals surface area contributed by atoms with Gasteiger partial charge in [0.1, 0.15) is 17.7 Å². The number of halogens is 1. The molecule has 0 aliphatic carbocycles. The van der Waals surface area contributed by atoms with Gasteiger partial charge in [0, 0.05) is 20.0 Å². The van der Waals surface area contributed by atoms with Crippen LogP contribution in [-0.2, 0) is 16.0 Å². The van der Waals surface area contributed by atoms with Crippen LogP contribution in [0.25, 0.3) is 0 Å². The maximum atomic E-state index is 13.2. The van der Waals surface area contributed by atoms with Gasteiger partial charge in [0.25, 0.3) is 0 Å². The molecule has 1 aliphatic rings. The van der Waals surface area contributed by atoms with Crippen molar-refractivity contribution in [3.63, 3.8) is 0 Å². The Balaban J connectivity index is 1.59. The minimum absolute atomic E-state index is 0.0577. The SMILES string of the molecule is CNc1cccc([C@@H]2CN(C(=O)CCc3cccc(F)c3)CCO2)n1. The first-order valence-electron chi connectivity index (χ1n) is 8.44. The molecule has 1 aromatic carbocycles. The molecule has 1 atom stereocenters. The van der Waals surface area contributed by atoms with Crippen LogP contribution < -0.4 is 5.32 Å². The number of ether oxygens (including phenoxy) is 1. The predicted octanol–water partition coefficient (Wildman–Crippen LogP) is 2.80. The van der Waals surface area contributed by atoms with E-state index in [1.54, 1.807) is 11.0 Å². The summed E-state index contributed by atoms with van der Waals surface area (Å²) in [7, 11) is 1.82. The van der Waals surface area contributed by atoms with Gasteiger partial charge in [-0.1, -0.05) is 18.2 Å². The Bertz CT molecular complexity index is 738. The van der Waals surface area contributed by atoms with Crippen molar-refractivity contribution in [2.45, 2.75) is 18.9 Å². The number of benzene rings is 1. The number of amides is 1. The third kappa shape index (κ3) is 4.54. The number of nitrogens with one attached hydrogen (secondary N) is 1. The third-order valence-electron chi connectivity index (χ3n) is 4.29. The lowest BCUT2D eigenvalue weighted by Crippen LogP contribution is -2.42. The van der Waals surface area contributed by atoms with Crippen molar-refractivity contribution in [1.82, 2.24) is 9.88 Å². The number of anilines is 1. The number of aromatic nitrogens is 1. The number of hydrogen-bond donors (Lipinski definition) is 1. The Morgan fingerprint density at radius 2 is 2.20 bits per heavy atom. The standard InChI is InChI=1S/C19H22FN3O2/c1-21-18-7-3-6-16(22-18)17-13-23(10-11-25-17)19(24)9-8-14-4-2-5-15(20)12-14/h2-7,12,17H,8-11,13H2,1H3,(H,21,22)/t17-/m0/s1. The third-order valence-corrected chi connectivity index (χ3v) is 4.29. The first-order chi connectivity index (χ1) is 12.2. The van der Waals surface area contributed by atoms with Crippen molar-refractivity contribution >= 4 is 11.7 Å². The molecule has 132 valence electrons. The molecule has 3 rings (SSSR count). The summed E-state index contributed by atoms with van der Waals surface area (Å²) in [6.07, 6.45) is 0.673. The highest BCUT2D eigenvalue weighted by molar-refractivity contribution is 5.76. The Morgan fingerprint density at radius 1 is 1.36 bits per heavy atom. The molecule has 0 bridgehead atoms. The number of nitrogens with zero attached hydrogens (tertiary/aromatic N) is 2. The van der Waals surface area contributed by atoms with Crippen LogP contribution in [0.15, 0.2) is 42.5 Å². The van der Waals surface area contributed by atoms with Crippen LogP contribution in [0.3, 0.4) is 0 Å². The summed E-state index contributed by atoms with van der Waals surface area (Å²) in [6, 6.07) is 12.1. The lowest BCUT2D eigenvalue weighted by atomic mass is 10.1. The summed E-state index contributed by atoms with van der Waals surface area (Å²) in [5.41, 5.74) is 1.65. The van der Waals surface area contributed by atoms with E-state index in [4.69, 9.17) is 4.74 Å². The van der Waals surface area contributed by atoms with Gasteiger partial charge >= 0.3 is 0 Å². The largest absolute Gasteiger partial charge is 0.373 e. The van der Waals surface area contributed by atoms with Gasteiger partial charge in [-0.15, -0.1) is 0 Å². The fraction of sp³-hybridized carbons (Fsp3) is 0.368. The zero-order chi connectivity index (χ0) is 17.6. The molecule has 0 saturated carbocycles. The van der Waals surface area contributed by atoms with Gasteiger partial charge in [0.2, 0.25) is 5.91 Å². The topological polar surface area (TPSA) is 54.5 Å². The molecule has 1 N–H and O–H groups in total. The summed E-state index contributed by atoms with van der Waals surface area (Å²) in [5.74, 6) is 0.560. The molecule has 1 aliphatic heterocycles. The average molecular weight is 343 g/mol. The lowest BCUT2D eigenvalue weighted by molar-refractivity contribution is -0.139. The van der Waals surface area contributed by atoms with Crippen LogP contribution in [0.2, 0.25) is 0 Å². The summed E-state index contributed by atoms with van der Waals surface area (Å²) in [5, 5.41) is 3.01. The highest BCUT2D eigenvalue weighted by atomic mass is 19.1. The Labute approximate surface area is 146 Å². The summed E-state index contributed by atoms with van der Waals surface area (Å²) < 4.78 is 19.0. The molecule has 1 saturated heterocycles. The first-order valence-corrected chi connectivity index (χ1v) is 8.44. The molecular formula is C19H22FN3O2. The smallest absolute Gasteiger partial charge is 0.223 e. The minimum Gasteiger partial charge on any atom is -0.373 e. The number of carbonyl (C=O) groups excluding carboxylic acids is 1. The van der Waals surface area contributed by atoms with E-state index in [0.717, 1.165) is 17.1 Å². The van der Waals surface area contributed by atoms with E-state index in [9.17, 15) is 9.18 Å². The quantitative estimate of drug-likeness (QED) is 0.907. The normalized spacial score (nSPS) is 17.4. The molecular weight excluding hydrogens is 321 g/mol. The van der Waals surface area contributed by atoms with Crippen molar-refractivity contribution in [3.8, 4) is 0 Å². The van der Waals surface area contributed by atoms with Crippen molar-refractivity contribution in [1.29, 1.82) is 0 Å². The zero-order valence-electron chi connectivity index (χ0n) is 14.2. The molecule has 0 spiro atoms. The van der Waals surface area contributed by atoms with E-state index in [2.05, 4.69) is 10.3 Å². The van der Waals surface area contributed by atoms with E-state index in [1.165, 1.54) is 12.1 Å². The van der Waals surface area contributed by atoms with Crippen LogP contribution in [-0.4, -0.2) is 42.5 Å². The fourth-order valence-corrected chi connectivity index (χ4v) is 2.93. The molecule has 1 fully saturated rings. The summed E-state index contributed by atoms with van der Waals surface area (Å²) in [6.45, 7) is 1.55. The van der Waals surface area contributed by atoms with Crippen LogP contribution >= 0.6 is 0 Å². The summed E-state index contributed by atoms with van der Waals surface area (Å²) >= 11 is 0. The molecule has 25 heavy (non-hydrogen) atoms. The van der Waals surface area contributed by atoms with Crippen molar-refractivity contribution in [2.24, 2.45) is 0 Å². The van der Waals surface area contributed by atoms with Crippen molar-refractivity contribution < 1.29 is 13.9 Å². The Hall–Kier alpha value is -2.47. The van der Waals surface area contributed by atoms with E-state index >= 15 is 0 Å². The molecule has 0 unspecified atom stereocenters. The Morgan fingerprint density at radius 3 is 3.00 bits per heavy atom. The van der Waals surface area contributed by atoms with Crippen LogP contribution in [0.4, 0.5) is 10.2 Å². The molecule has 0 radical (unpaired) electrons. The van der Waals surface area contributed by atoms with Gasteiger partial charge in [-0.05, 0) is 36.2 Å². The highest BCUT2D eigenvalue weighted by Gasteiger charge is 2.26. The van der Waals surface area contributed by atoms with Crippen LogP contribution in [0, 0.1) is 5.82 Å². The highest BCUT2D eigenvalue weighted by Crippen LogP contribution is 2.22. The maximum Gasteiger partial charge on any atom is 0.223 e. The number of pyridine rings is 1. The van der Waals surface area contributed by atoms with E-state index in [-0.39, 0.29) is 17.8 Å². The first kappa shape index (κ1) is 17.4. The average Bonchev–Trinajstić information content (AvgIpc) is 2.66. The second-order valence-corrected chi connectivity index (χ2v) is 6.03. The fourth-order valence-electron chi connectivity index (χ4n) is 2.93. The number of morpholine rings is 1. The van der Waals surface area contributed by atoms with E-state index < -0.39 is 0 Å². The maximum absolute atomic E-state index is 13.2. The van der Waals surface area contributed by atoms with E-state index in [0.29, 0.717) is 32.5 Å². The van der Waals surface area contributed by atoms with Gasteiger partial charge < -0.3 is 15.0 Å². The molecule has 6 heteroatoms. The van der Waals surface area contributed by atoms with Gasteiger partial charge in [-0.2, -0.15) is 0 Å². The van der Waals surface area contributed by atoms with Gasteiger partial charge in [-0.25, -0.2) is 9.37 Å². The van der Waals surface area contributed by atoms with Gasteiger partial charge in [0.05, 0.1) is 18.8 Å². The minimum atomic E-state index is -0.271. The van der Waals surface area contributed by atoms with Crippen LogP contribution in [0.5, 0.6) is 0 Å². The monoisotopic (exact) mass is 343 g/mol. The van der Waals surface area contributed by atoms with Gasteiger partial charge in [0.15, 0.2) is 0 Å². The zero-order valence-corrected chi connectivity index (χ0v) is 14.2. The number of carbonyl (C=O) groups is 1. The molecule has 1 amide bonds. The summed E-state index contributed by atoms with van der Waals surface area (Å²) in [4.78, 5) is 18.8. The second-order valence-electron chi connectivity index (χ2n) is 6.03. The van der Waals surface area contributed by atoms with Gasteiger partial charge in [-0.3, -0.25) is 4.79 Å². The van der Waals surface area contributed by atoms with Crippen LogP contribution in [0.1, 0.15) is 23.8 Å². The lowest BCUT2D eigenvalue weighted by Gasteiger charge is -2.33.